The number of hydrogen-bond acceptors (Lipinski definition) is 5. The van der Waals surface area contributed by atoms with Crippen LogP contribution in [0.3, 0.4) is 0 Å². The number of hydrogen-bond donors (Lipinski definition) is 1. The second kappa shape index (κ2) is 7.62. The van der Waals surface area contributed by atoms with E-state index in [0.29, 0.717) is 16.1 Å². The fourth-order valence-corrected chi connectivity index (χ4v) is 2.94. The molecule has 29 heavy (non-hydrogen) atoms. The van der Waals surface area contributed by atoms with Crippen molar-refractivity contribution in [2.75, 3.05) is 5.32 Å². The molecule has 0 unspecified atom stereocenters. The number of aromatic nitrogens is 2. The number of nitro benzene ring substituents is 1. The molecule has 0 saturated carbocycles. The fourth-order valence-electron chi connectivity index (χ4n) is 2.58. The third-order valence-electron chi connectivity index (χ3n) is 3.89. The summed E-state index contributed by atoms with van der Waals surface area (Å²) < 4.78 is 41.2. The molecule has 0 atom stereocenters. The number of carbonyl (C=O) groups excluding carboxylic acids is 1. The topological polar surface area (TPSA) is 107 Å². The van der Waals surface area contributed by atoms with Crippen LogP contribution in [0.2, 0.25) is 0 Å². The van der Waals surface area contributed by atoms with E-state index in [1.807, 2.05) is 5.32 Å². The summed E-state index contributed by atoms with van der Waals surface area (Å²) in [5.41, 5.74) is -2.95. The Morgan fingerprint density at radius 2 is 1.97 bits per heavy atom. The largest absolute Gasteiger partial charge is 0.418 e. The Morgan fingerprint density at radius 3 is 2.62 bits per heavy atom. The highest BCUT2D eigenvalue weighted by molar-refractivity contribution is 9.10. The van der Waals surface area contributed by atoms with Crippen molar-refractivity contribution < 1.29 is 22.9 Å². The van der Waals surface area contributed by atoms with Gasteiger partial charge in [0.25, 0.3) is 11.2 Å². The number of anilines is 1. The van der Waals surface area contributed by atoms with Gasteiger partial charge in [0.05, 0.1) is 33.4 Å². The average molecular weight is 471 g/mol. The molecule has 0 aliphatic heterocycles. The monoisotopic (exact) mass is 470 g/mol. The fraction of sp³-hybridized carbons (Fsp3) is 0.118. The van der Waals surface area contributed by atoms with Gasteiger partial charge < -0.3 is 5.32 Å². The Kier molecular flexibility index (Phi) is 5.38. The Bertz CT molecular complexity index is 1190. The van der Waals surface area contributed by atoms with Gasteiger partial charge in [0.2, 0.25) is 5.91 Å². The predicted molar refractivity (Wildman–Crippen MR) is 100 cm³/mol. The molecule has 150 valence electrons. The zero-order valence-corrected chi connectivity index (χ0v) is 15.8. The van der Waals surface area contributed by atoms with Gasteiger partial charge in [-0.25, -0.2) is 4.98 Å². The van der Waals surface area contributed by atoms with E-state index in [1.165, 1.54) is 6.07 Å². The Labute approximate surface area is 168 Å². The van der Waals surface area contributed by atoms with Crippen molar-refractivity contribution in [2.45, 2.75) is 12.7 Å². The van der Waals surface area contributed by atoms with Crippen molar-refractivity contribution in [1.82, 2.24) is 9.55 Å². The Morgan fingerprint density at radius 1 is 1.24 bits per heavy atom. The SMILES string of the molecule is O=C(Cn1cnc2ccc(Br)cc2c1=O)Nc1ccc([N+](=O)[O-])cc1C(F)(F)F. The highest BCUT2D eigenvalue weighted by atomic mass is 79.9. The van der Waals surface area contributed by atoms with E-state index in [1.54, 1.807) is 12.1 Å². The minimum absolute atomic E-state index is 0.223. The van der Waals surface area contributed by atoms with E-state index in [-0.39, 0.29) is 5.39 Å². The Balaban J connectivity index is 1.90. The van der Waals surface area contributed by atoms with Gasteiger partial charge in [0, 0.05) is 16.6 Å². The minimum atomic E-state index is -4.93. The molecule has 0 radical (unpaired) electrons. The van der Waals surface area contributed by atoms with Gasteiger partial charge in [0.15, 0.2) is 0 Å². The average Bonchev–Trinajstić information content (AvgIpc) is 2.63. The van der Waals surface area contributed by atoms with Gasteiger partial charge in [0.1, 0.15) is 6.54 Å². The second-order valence-electron chi connectivity index (χ2n) is 5.87. The molecule has 8 nitrogen and oxygen atoms in total. The maximum Gasteiger partial charge on any atom is 0.418 e. The summed E-state index contributed by atoms with van der Waals surface area (Å²) in [5.74, 6) is -0.928. The van der Waals surface area contributed by atoms with Crippen LogP contribution in [-0.2, 0) is 17.5 Å². The summed E-state index contributed by atoms with van der Waals surface area (Å²) >= 11 is 3.22. The number of amides is 1. The molecule has 1 aromatic heterocycles. The number of nitro groups is 1. The van der Waals surface area contributed by atoms with Crippen LogP contribution < -0.4 is 10.9 Å². The lowest BCUT2D eigenvalue weighted by Crippen LogP contribution is -2.28. The zero-order valence-electron chi connectivity index (χ0n) is 14.2. The summed E-state index contributed by atoms with van der Waals surface area (Å²) in [6, 6.07) is 6.74. The molecule has 3 aromatic rings. The second-order valence-corrected chi connectivity index (χ2v) is 6.79. The highest BCUT2D eigenvalue weighted by Gasteiger charge is 2.35. The standard InChI is InChI=1S/C17H10BrF3N4O4/c18-9-1-3-13-11(5-9)16(27)24(8-22-13)7-15(26)23-14-4-2-10(25(28)29)6-12(14)17(19,20)21/h1-6,8H,7H2,(H,23,26). The lowest BCUT2D eigenvalue weighted by atomic mass is 10.1. The third kappa shape index (κ3) is 4.42. The van der Waals surface area contributed by atoms with E-state index in [4.69, 9.17) is 0 Å². The van der Waals surface area contributed by atoms with Crippen LogP contribution in [0, 0.1) is 10.1 Å². The van der Waals surface area contributed by atoms with Crippen molar-refractivity contribution in [3.63, 3.8) is 0 Å². The van der Waals surface area contributed by atoms with E-state index in [2.05, 4.69) is 20.9 Å². The molecule has 0 saturated heterocycles. The van der Waals surface area contributed by atoms with Crippen molar-refractivity contribution in [3.8, 4) is 0 Å². The molecule has 0 fully saturated rings. The van der Waals surface area contributed by atoms with E-state index >= 15 is 0 Å². The van der Waals surface area contributed by atoms with Crippen LogP contribution in [0.15, 0.2) is 52.0 Å². The third-order valence-corrected chi connectivity index (χ3v) is 4.39. The van der Waals surface area contributed by atoms with Gasteiger partial charge >= 0.3 is 6.18 Å². The quantitative estimate of drug-likeness (QED) is 0.461. The van der Waals surface area contributed by atoms with E-state index in [9.17, 15) is 32.9 Å². The molecule has 2 aromatic carbocycles. The normalized spacial score (nSPS) is 11.4. The Hall–Kier alpha value is -3.28. The van der Waals surface area contributed by atoms with Crippen LogP contribution in [0.4, 0.5) is 24.5 Å². The molecule has 12 heteroatoms. The van der Waals surface area contributed by atoms with Gasteiger partial charge in [-0.1, -0.05) is 15.9 Å². The predicted octanol–water partition coefficient (Wildman–Crippen LogP) is 3.72. The van der Waals surface area contributed by atoms with Crippen molar-refractivity contribution in [2.24, 2.45) is 0 Å². The number of nitrogens with one attached hydrogen (secondary N) is 1. The molecule has 1 heterocycles. The van der Waals surface area contributed by atoms with Gasteiger partial charge in [-0.2, -0.15) is 13.2 Å². The van der Waals surface area contributed by atoms with Crippen LogP contribution >= 0.6 is 15.9 Å². The van der Waals surface area contributed by atoms with Crippen LogP contribution in [-0.4, -0.2) is 20.4 Å². The number of benzene rings is 2. The first-order chi connectivity index (χ1) is 13.6. The van der Waals surface area contributed by atoms with Crippen molar-refractivity contribution in [1.29, 1.82) is 0 Å². The summed E-state index contributed by atoms with van der Waals surface area (Å²) in [7, 11) is 0. The maximum atomic E-state index is 13.2. The first-order valence-corrected chi connectivity index (χ1v) is 8.66. The summed E-state index contributed by atoms with van der Waals surface area (Å²) in [5, 5.41) is 13.0. The molecule has 1 amide bonds. The molecular formula is C17H10BrF3N4O4. The van der Waals surface area contributed by atoms with Crippen LogP contribution in [0.25, 0.3) is 10.9 Å². The number of alkyl halides is 3. The minimum Gasteiger partial charge on any atom is -0.324 e. The number of fused-ring (bicyclic) bond motifs is 1. The first kappa shape index (κ1) is 20.5. The molecule has 3 rings (SSSR count). The molecule has 0 spiro atoms. The first-order valence-electron chi connectivity index (χ1n) is 7.86. The molecule has 0 bridgehead atoms. The smallest absolute Gasteiger partial charge is 0.324 e. The van der Waals surface area contributed by atoms with Gasteiger partial charge in [-0.05, 0) is 24.3 Å². The highest BCUT2D eigenvalue weighted by Crippen LogP contribution is 2.37. The maximum absolute atomic E-state index is 13.2. The van der Waals surface area contributed by atoms with Crippen LogP contribution in [0.1, 0.15) is 5.56 Å². The lowest BCUT2D eigenvalue weighted by molar-refractivity contribution is -0.385. The summed E-state index contributed by atoms with van der Waals surface area (Å²) in [6.07, 6.45) is -3.82. The summed E-state index contributed by atoms with van der Waals surface area (Å²) in [4.78, 5) is 38.5. The van der Waals surface area contributed by atoms with E-state index in [0.717, 1.165) is 23.0 Å². The van der Waals surface area contributed by atoms with Gasteiger partial charge in [-0.15, -0.1) is 0 Å². The molecule has 0 aliphatic carbocycles. The zero-order chi connectivity index (χ0) is 21.3. The van der Waals surface area contributed by atoms with Crippen molar-refractivity contribution in [3.05, 3.63) is 73.2 Å². The number of rotatable bonds is 4. The summed E-state index contributed by atoms with van der Waals surface area (Å²) in [6.45, 7) is -0.595. The van der Waals surface area contributed by atoms with E-state index < -0.39 is 46.0 Å². The molecular weight excluding hydrogens is 461 g/mol. The number of non-ortho nitro benzene ring substituents is 1. The number of carbonyl (C=O) groups is 1. The number of nitrogens with zero attached hydrogens (tertiary/aromatic N) is 3. The molecule has 1 N–H and O–H groups in total. The van der Waals surface area contributed by atoms with Crippen molar-refractivity contribution >= 4 is 44.1 Å². The molecule has 0 aliphatic rings. The number of halogens is 4. The van der Waals surface area contributed by atoms with Gasteiger partial charge in [-0.3, -0.25) is 24.3 Å². The van der Waals surface area contributed by atoms with Crippen LogP contribution in [0.5, 0.6) is 0 Å². The lowest BCUT2D eigenvalue weighted by Gasteiger charge is -2.14.